The molecule has 1 saturated carbocycles. The number of benzene rings is 1. The molecule has 29 heavy (non-hydrogen) atoms. The molecule has 1 aliphatic carbocycles. The van der Waals surface area contributed by atoms with Crippen molar-refractivity contribution in [3.05, 3.63) is 35.9 Å². The third-order valence-electron chi connectivity index (χ3n) is 5.53. The van der Waals surface area contributed by atoms with Crippen molar-refractivity contribution < 1.29 is 13.2 Å². The molecule has 1 unspecified atom stereocenters. The highest BCUT2D eigenvalue weighted by atomic mass is 127. The van der Waals surface area contributed by atoms with E-state index in [-0.39, 0.29) is 41.2 Å². The van der Waals surface area contributed by atoms with Gasteiger partial charge in [0.15, 0.2) is 5.96 Å². The Bertz CT molecular complexity index is 748. The van der Waals surface area contributed by atoms with Crippen LogP contribution < -0.4 is 15.4 Å². The second-order valence-electron chi connectivity index (χ2n) is 7.65. The summed E-state index contributed by atoms with van der Waals surface area (Å²) < 4.78 is 32.6. The zero-order valence-corrected chi connectivity index (χ0v) is 20.2. The molecule has 1 saturated heterocycles. The van der Waals surface area contributed by atoms with Gasteiger partial charge in [-0.05, 0) is 37.7 Å². The SMILES string of the molecule is CN=C(NCCS(=O)(=O)NCC1CCCCO1)NCC1(c2ccccc2)CC1.I. The molecule has 2 fully saturated rings. The lowest BCUT2D eigenvalue weighted by Crippen LogP contribution is -2.44. The van der Waals surface area contributed by atoms with Crippen molar-refractivity contribution >= 4 is 40.0 Å². The van der Waals surface area contributed by atoms with E-state index in [1.54, 1.807) is 7.05 Å². The molecule has 3 N–H and O–H groups in total. The summed E-state index contributed by atoms with van der Waals surface area (Å²) in [6, 6.07) is 10.5. The molecule has 1 aromatic rings. The van der Waals surface area contributed by atoms with Crippen LogP contribution in [0, 0.1) is 0 Å². The summed E-state index contributed by atoms with van der Waals surface area (Å²) in [5, 5.41) is 6.45. The van der Waals surface area contributed by atoms with Crippen molar-refractivity contribution in [1.29, 1.82) is 0 Å². The average molecular weight is 536 g/mol. The van der Waals surface area contributed by atoms with Crippen molar-refractivity contribution in [2.24, 2.45) is 4.99 Å². The third kappa shape index (κ3) is 7.69. The maximum absolute atomic E-state index is 12.2. The standard InChI is InChI=1S/C20H32N4O3S.HI/c1-21-19(23-16-20(10-11-20)17-7-3-2-4-8-17)22-12-14-28(25,26)24-15-18-9-5-6-13-27-18;/h2-4,7-8,18,24H,5-6,9-16H2,1H3,(H2,21,22,23);1H. The first-order chi connectivity index (χ1) is 13.5. The van der Waals surface area contributed by atoms with Gasteiger partial charge >= 0.3 is 0 Å². The molecule has 7 nitrogen and oxygen atoms in total. The van der Waals surface area contributed by atoms with Gasteiger partial charge in [-0.25, -0.2) is 13.1 Å². The van der Waals surface area contributed by atoms with E-state index in [1.165, 1.54) is 5.56 Å². The molecule has 0 amide bonds. The molecule has 164 valence electrons. The van der Waals surface area contributed by atoms with Gasteiger partial charge in [0.25, 0.3) is 0 Å². The van der Waals surface area contributed by atoms with Gasteiger partial charge in [0.1, 0.15) is 0 Å². The first kappa shape index (κ1) is 24.4. The van der Waals surface area contributed by atoms with Gasteiger partial charge in [-0.2, -0.15) is 0 Å². The van der Waals surface area contributed by atoms with Crippen LogP contribution in [0.25, 0.3) is 0 Å². The minimum Gasteiger partial charge on any atom is -0.377 e. The largest absolute Gasteiger partial charge is 0.377 e. The fraction of sp³-hybridized carbons (Fsp3) is 0.650. The summed E-state index contributed by atoms with van der Waals surface area (Å²) in [4.78, 5) is 4.21. The van der Waals surface area contributed by atoms with E-state index in [0.29, 0.717) is 19.0 Å². The number of hydrogen-bond donors (Lipinski definition) is 3. The normalized spacial score (nSPS) is 21.1. The molecule has 0 aromatic heterocycles. The Hall–Kier alpha value is -0.910. The van der Waals surface area contributed by atoms with Crippen molar-refractivity contribution in [3.63, 3.8) is 0 Å². The molecule has 2 aliphatic rings. The van der Waals surface area contributed by atoms with Crippen LogP contribution in [0.4, 0.5) is 0 Å². The third-order valence-corrected chi connectivity index (χ3v) is 6.87. The van der Waals surface area contributed by atoms with Crippen LogP contribution in [-0.4, -0.2) is 59.5 Å². The Morgan fingerprint density at radius 3 is 2.59 bits per heavy atom. The Labute approximate surface area is 191 Å². The van der Waals surface area contributed by atoms with Gasteiger partial charge in [0.2, 0.25) is 10.0 Å². The predicted molar refractivity (Wildman–Crippen MR) is 128 cm³/mol. The molecule has 0 spiro atoms. The van der Waals surface area contributed by atoms with Gasteiger partial charge in [0, 0.05) is 38.7 Å². The minimum atomic E-state index is -3.33. The van der Waals surface area contributed by atoms with Gasteiger partial charge in [-0.1, -0.05) is 30.3 Å². The topological polar surface area (TPSA) is 91.8 Å². The number of halogens is 1. The van der Waals surface area contributed by atoms with Crippen LogP contribution in [0.1, 0.15) is 37.7 Å². The summed E-state index contributed by atoms with van der Waals surface area (Å²) in [5.74, 6) is 0.637. The predicted octanol–water partition coefficient (Wildman–Crippen LogP) is 1.99. The number of guanidine groups is 1. The molecule has 9 heteroatoms. The summed E-state index contributed by atoms with van der Waals surface area (Å²) in [7, 11) is -1.64. The zero-order valence-electron chi connectivity index (χ0n) is 17.0. The number of aliphatic imine (C=N–C) groups is 1. The number of ether oxygens (including phenoxy) is 1. The fourth-order valence-electron chi connectivity index (χ4n) is 3.55. The molecule has 0 bridgehead atoms. The smallest absolute Gasteiger partial charge is 0.213 e. The van der Waals surface area contributed by atoms with Crippen molar-refractivity contribution in [2.45, 2.75) is 43.6 Å². The summed E-state index contributed by atoms with van der Waals surface area (Å²) in [6.45, 7) is 2.18. The molecular formula is C20H33IN4O3S. The van der Waals surface area contributed by atoms with Gasteiger partial charge < -0.3 is 15.4 Å². The first-order valence-corrected chi connectivity index (χ1v) is 11.8. The van der Waals surface area contributed by atoms with Crippen molar-refractivity contribution in [2.75, 3.05) is 39.0 Å². The highest BCUT2D eigenvalue weighted by Crippen LogP contribution is 2.47. The number of sulfonamides is 1. The first-order valence-electron chi connectivity index (χ1n) is 10.1. The second kappa shape index (κ2) is 11.5. The lowest BCUT2D eigenvalue weighted by molar-refractivity contribution is 0.0200. The Kier molecular flexibility index (Phi) is 9.64. The van der Waals surface area contributed by atoms with Gasteiger partial charge in [0.05, 0.1) is 11.9 Å². The monoisotopic (exact) mass is 536 g/mol. The molecule has 1 aliphatic heterocycles. The summed E-state index contributed by atoms with van der Waals surface area (Å²) in [5.41, 5.74) is 1.52. The fourth-order valence-corrected chi connectivity index (χ4v) is 4.50. The van der Waals surface area contributed by atoms with Crippen LogP contribution in [-0.2, 0) is 20.2 Å². The van der Waals surface area contributed by atoms with Gasteiger partial charge in [-0.15, -0.1) is 24.0 Å². The highest BCUT2D eigenvalue weighted by molar-refractivity contribution is 14.0. The van der Waals surface area contributed by atoms with E-state index in [4.69, 9.17) is 4.74 Å². The number of hydrogen-bond acceptors (Lipinski definition) is 4. The van der Waals surface area contributed by atoms with Crippen LogP contribution >= 0.6 is 24.0 Å². The van der Waals surface area contributed by atoms with Crippen molar-refractivity contribution in [1.82, 2.24) is 15.4 Å². The number of rotatable bonds is 9. The maximum atomic E-state index is 12.2. The van der Waals surface area contributed by atoms with E-state index < -0.39 is 10.0 Å². The van der Waals surface area contributed by atoms with E-state index in [2.05, 4.69) is 44.6 Å². The van der Waals surface area contributed by atoms with Crippen LogP contribution in [0.3, 0.4) is 0 Å². The van der Waals surface area contributed by atoms with E-state index in [9.17, 15) is 8.42 Å². The van der Waals surface area contributed by atoms with E-state index >= 15 is 0 Å². The molecule has 1 heterocycles. The Balaban J connectivity index is 0.00000300. The van der Waals surface area contributed by atoms with Crippen LogP contribution in [0.15, 0.2) is 35.3 Å². The minimum absolute atomic E-state index is 0. The lowest BCUT2D eigenvalue weighted by Gasteiger charge is -2.22. The highest BCUT2D eigenvalue weighted by Gasteiger charge is 2.43. The second-order valence-corrected chi connectivity index (χ2v) is 9.58. The average Bonchev–Trinajstić information content (AvgIpc) is 3.52. The van der Waals surface area contributed by atoms with E-state index in [0.717, 1.165) is 45.3 Å². The molecule has 3 rings (SSSR count). The molecule has 1 aromatic carbocycles. The molecular weight excluding hydrogens is 503 g/mol. The van der Waals surface area contributed by atoms with Crippen LogP contribution in [0.2, 0.25) is 0 Å². The quantitative estimate of drug-likeness (QED) is 0.255. The Morgan fingerprint density at radius 1 is 1.21 bits per heavy atom. The van der Waals surface area contributed by atoms with E-state index in [1.807, 2.05) is 6.07 Å². The lowest BCUT2D eigenvalue weighted by atomic mass is 9.96. The molecule has 0 radical (unpaired) electrons. The zero-order chi connectivity index (χ0) is 19.9. The number of nitrogens with one attached hydrogen (secondary N) is 3. The summed E-state index contributed by atoms with van der Waals surface area (Å²) >= 11 is 0. The van der Waals surface area contributed by atoms with Crippen molar-refractivity contribution in [3.8, 4) is 0 Å². The van der Waals surface area contributed by atoms with Crippen LogP contribution in [0.5, 0.6) is 0 Å². The Morgan fingerprint density at radius 2 is 1.97 bits per heavy atom. The molecule has 1 atom stereocenters. The summed E-state index contributed by atoms with van der Waals surface area (Å²) in [6.07, 6.45) is 5.38. The number of nitrogens with zero attached hydrogens (tertiary/aromatic N) is 1. The van der Waals surface area contributed by atoms with Gasteiger partial charge in [-0.3, -0.25) is 4.99 Å². The maximum Gasteiger partial charge on any atom is 0.213 e.